The largest absolute Gasteiger partial charge is 0.389 e. The predicted molar refractivity (Wildman–Crippen MR) is 132 cm³/mol. The zero-order valence-corrected chi connectivity index (χ0v) is 20.2. The molecule has 1 saturated carbocycles. The topological polar surface area (TPSA) is 128 Å². The lowest BCUT2D eigenvalue weighted by Crippen LogP contribution is -2.51. The van der Waals surface area contributed by atoms with Crippen LogP contribution in [0, 0.1) is 0 Å². The molecule has 0 spiro atoms. The second kappa shape index (κ2) is 9.16. The van der Waals surface area contributed by atoms with Crippen molar-refractivity contribution in [3.63, 3.8) is 0 Å². The van der Waals surface area contributed by atoms with Crippen molar-refractivity contribution in [3.05, 3.63) is 42.4 Å². The number of aliphatic hydroxyl groups is 1. The molecule has 2 fully saturated rings. The lowest BCUT2D eigenvalue weighted by molar-refractivity contribution is -0.0383. The van der Waals surface area contributed by atoms with Gasteiger partial charge in [0.25, 0.3) is 5.91 Å². The summed E-state index contributed by atoms with van der Waals surface area (Å²) < 4.78 is 14.5. The molecule has 11 heteroatoms. The summed E-state index contributed by atoms with van der Waals surface area (Å²) in [7, 11) is 3.47. The van der Waals surface area contributed by atoms with Crippen molar-refractivity contribution in [2.75, 3.05) is 32.7 Å². The van der Waals surface area contributed by atoms with Crippen molar-refractivity contribution < 1.29 is 19.4 Å². The molecule has 0 aromatic carbocycles. The molecule has 2 aromatic heterocycles. The summed E-state index contributed by atoms with van der Waals surface area (Å²) in [5.74, 6) is 1.25. The van der Waals surface area contributed by atoms with Crippen molar-refractivity contribution in [1.82, 2.24) is 29.5 Å². The molecule has 1 saturated heterocycles. The number of pyridine rings is 1. The number of methoxy groups -OCH3 is 1. The lowest BCUT2D eigenvalue weighted by atomic mass is 9.89. The first-order chi connectivity index (χ1) is 17.6. The first kappa shape index (κ1) is 22.9. The van der Waals surface area contributed by atoms with Gasteiger partial charge in [-0.05, 0) is 31.4 Å². The number of aliphatic hydroxyl groups excluding tert-OH is 1. The number of nitrogens with zero attached hydrogens (tertiary/aromatic N) is 5. The summed E-state index contributed by atoms with van der Waals surface area (Å²) in [6, 6.07) is 5.72. The van der Waals surface area contributed by atoms with Crippen LogP contribution in [0.3, 0.4) is 0 Å². The third-order valence-corrected chi connectivity index (χ3v) is 7.33. The summed E-state index contributed by atoms with van der Waals surface area (Å²) in [6.07, 6.45) is 7.25. The molecular weight excluding hydrogens is 462 g/mol. The fourth-order valence-corrected chi connectivity index (χ4v) is 5.17. The number of ether oxygens (including phenoxy) is 2. The summed E-state index contributed by atoms with van der Waals surface area (Å²) in [5, 5.41) is 21.1. The van der Waals surface area contributed by atoms with Crippen LogP contribution >= 0.6 is 0 Å². The first-order valence-corrected chi connectivity index (χ1v) is 12.2. The normalized spacial score (nSPS) is 24.1. The number of carbonyl (C=O) groups excluding carboxylic acids is 1. The van der Waals surface area contributed by atoms with Gasteiger partial charge in [0.05, 0.1) is 42.8 Å². The van der Waals surface area contributed by atoms with Crippen LogP contribution in [0.25, 0.3) is 28.3 Å². The Balaban J connectivity index is 1.38. The van der Waals surface area contributed by atoms with Crippen LogP contribution in [0.2, 0.25) is 0 Å². The van der Waals surface area contributed by atoms with Crippen molar-refractivity contribution in [3.8, 4) is 22.6 Å². The Labute approximate surface area is 207 Å². The summed E-state index contributed by atoms with van der Waals surface area (Å²) in [4.78, 5) is 22.7. The number of carbonyl (C=O) groups is 1. The highest BCUT2D eigenvalue weighted by Gasteiger charge is 2.33. The maximum atomic E-state index is 13.1. The van der Waals surface area contributed by atoms with Gasteiger partial charge in [0.1, 0.15) is 17.2 Å². The van der Waals surface area contributed by atoms with Crippen molar-refractivity contribution >= 4 is 17.4 Å². The molecule has 2 aromatic rings. The van der Waals surface area contributed by atoms with E-state index >= 15 is 0 Å². The van der Waals surface area contributed by atoms with E-state index in [9.17, 15) is 9.90 Å². The van der Waals surface area contributed by atoms with E-state index in [-0.39, 0.29) is 24.1 Å². The molecule has 36 heavy (non-hydrogen) atoms. The SMILES string of the molecule is CNc1cc(-c2cnc3n([C@H]4CCOC[C@@H]4O)cccc2-3)nc2c(C(=O)N[C@H]3CC[C@@H]3OC)cnn12. The Bertz CT molecular complexity index is 1380. The Kier molecular flexibility index (Phi) is 5.82. The number of anilines is 1. The van der Waals surface area contributed by atoms with Gasteiger partial charge in [-0.15, -0.1) is 0 Å². The monoisotopic (exact) mass is 491 g/mol. The number of rotatable bonds is 6. The molecule has 6 rings (SSSR count). The van der Waals surface area contributed by atoms with E-state index in [1.54, 1.807) is 31.1 Å². The summed E-state index contributed by atoms with van der Waals surface area (Å²) >= 11 is 0. The molecule has 4 aliphatic rings. The number of aromatic nitrogens is 5. The van der Waals surface area contributed by atoms with Crippen molar-refractivity contribution in [2.45, 2.75) is 43.6 Å². The van der Waals surface area contributed by atoms with Gasteiger partial charge in [0.15, 0.2) is 5.65 Å². The molecule has 5 heterocycles. The lowest BCUT2D eigenvalue weighted by Gasteiger charge is -2.35. The molecule has 3 N–H and O–H groups in total. The number of hydrogen-bond donors (Lipinski definition) is 3. The quantitative estimate of drug-likeness (QED) is 0.374. The van der Waals surface area contributed by atoms with Crippen LogP contribution < -0.4 is 10.6 Å². The van der Waals surface area contributed by atoms with Gasteiger partial charge in [0.2, 0.25) is 0 Å². The number of nitrogens with one attached hydrogen (secondary N) is 2. The second-order valence-corrected chi connectivity index (χ2v) is 9.32. The third kappa shape index (κ3) is 3.71. The van der Waals surface area contributed by atoms with Crippen LogP contribution in [0.1, 0.15) is 35.7 Å². The van der Waals surface area contributed by atoms with Gasteiger partial charge >= 0.3 is 0 Å². The highest BCUT2D eigenvalue weighted by atomic mass is 16.5. The molecule has 0 radical (unpaired) electrons. The molecule has 11 nitrogen and oxygen atoms in total. The Morgan fingerprint density at radius 1 is 1.25 bits per heavy atom. The molecule has 1 amide bonds. The van der Waals surface area contributed by atoms with Crippen molar-refractivity contribution in [2.24, 2.45) is 0 Å². The number of amides is 1. The first-order valence-electron chi connectivity index (χ1n) is 12.2. The van der Waals surface area contributed by atoms with E-state index in [0.717, 1.165) is 29.8 Å². The van der Waals surface area contributed by atoms with E-state index < -0.39 is 6.10 Å². The van der Waals surface area contributed by atoms with Gasteiger partial charge in [-0.3, -0.25) is 4.79 Å². The van der Waals surface area contributed by atoms with Gasteiger partial charge < -0.3 is 29.8 Å². The molecule has 4 atom stereocenters. The van der Waals surface area contributed by atoms with Gasteiger partial charge in [-0.25, -0.2) is 9.97 Å². The van der Waals surface area contributed by atoms with E-state index in [2.05, 4.69) is 15.7 Å². The smallest absolute Gasteiger partial charge is 0.257 e. The predicted octanol–water partition coefficient (Wildman–Crippen LogP) is 1.97. The molecule has 0 unspecified atom stereocenters. The Morgan fingerprint density at radius 2 is 2.14 bits per heavy atom. The molecular formula is C25H29N7O4. The average Bonchev–Trinajstić information content (AvgIpc) is 3.51. The van der Waals surface area contributed by atoms with Crippen LogP contribution in [0.15, 0.2) is 36.8 Å². The Hall–Kier alpha value is -3.54. The highest BCUT2D eigenvalue weighted by molar-refractivity contribution is 6.00. The van der Waals surface area contributed by atoms with Crippen LogP contribution in [0.5, 0.6) is 0 Å². The number of hydrogen-bond acceptors (Lipinski definition) is 8. The molecule has 0 bridgehead atoms. The van der Waals surface area contributed by atoms with E-state index in [1.165, 1.54) is 0 Å². The minimum atomic E-state index is -0.596. The van der Waals surface area contributed by atoms with E-state index in [0.29, 0.717) is 42.4 Å². The zero-order chi connectivity index (χ0) is 24.8. The summed E-state index contributed by atoms with van der Waals surface area (Å²) in [5.41, 5.74) is 3.29. The van der Waals surface area contributed by atoms with E-state index in [1.807, 2.05) is 29.0 Å². The third-order valence-electron chi connectivity index (χ3n) is 7.33. The van der Waals surface area contributed by atoms with Crippen LogP contribution in [-0.2, 0) is 9.47 Å². The zero-order valence-electron chi connectivity index (χ0n) is 20.2. The maximum absolute atomic E-state index is 13.1. The maximum Gasteiger partial charge on any atom is 0.257 e. The van der Waals surface area contributed by atoms with Crippen LogP contribution in [0.4, 0.5) is 5.82 Å². The van der Waals surface area contributed by atoms with Crippen LogP contribution in [-0.4, -0.2) is 80.8 Å². The molecule has 188 valence electrons. The standard InChI is InChI=1S/C25H29N7O4/c1-26-22-10-18(29-24-16(12-28-32(22)24)25(34)30-17-5-6-21(17)35-2)15-11-27-23-14(15)4-3-8-31(23)19-7-9-36-13-20(19)33/h3-4,8,10-12,17,19-21,26,33H,5-7,9,13H2,1-2H3,(H,30,34)/t17-,19-,20-,21-/m0/s1. The summed E-state index contributed by atoms with van der Waals surface area (Å²) in [6.45, 7) is 0.907. The average molecular weight is 492 g/mol. The second-order valence-electron chi connectivity index (χ2n) is 9.32. The van der Waals surface area contributed by atoms with Gasteiger partial charge in [-0.1, -0.05) is 0 Å². The van der Waals surface area contributed by atoms with Crippen molar-refractivity contribution in [1.29, 1.82) is 0 Å². The fourth-order valence-electron chi connectivity index (χ4n) is 5.17. The van der Waals surface area contributed by atoms with Gasteiger partial charge in [0, 0.05) is 50.4 Å². The minimum absolute atomic E-state index is 0.0106. The fraction of sp³-hybridized carbons (Fsp3) is 0.440. The number of fused-ring (bicyclic) bond motifs is 2. The molecule has 1 aliphatic carbocycles. The minimum Gasteiger partial charge on any atom is -0.389 e. The van der Waals surface area contributed by atoms with Gasteiger partial charge in [-0.2, -0.15) is 9.61 Å². The highest BCUT2D eigenvalue weighted by Crippen LogP contribution is 2.37. The Morgan fingerprint density at radius 3 is 2.89 bits per heavy atom. The molecule has 3 aliphatic heterocycles. The van der Waals surface area contributed by atoms with E-state index in [4.69, 9.17) is 19.4 Å².